The summed E-state index contributed by atoms with van der Waals surface area (Å²) in [5.74, 6) is 0.916. The molecule has 0 spiro atoms. The Bertz CT molecular complexity index is 3510. The third-order valence-electron chi connectivity index (χ3n) is 12.7. The van der Waals surface area contributed by atoms with E-state index in [0.29, 0.717) is 28.3 Å². The molecule has 0 atom stereocenters. The van der Waals surface area contributed by atoms with E-state index in [-0.39, 0.29) is 0 Å². The minimum atomic E-state index is 0.421. The van der Waals surface area contributed by atoms with Gasteiger partial charge in [0, 0.05) is 44.2 Å². The van der Waals surface area contributed by atoms with Gasteiger partial charge >= 0.3 is 0 Å². The topological polar surface area (TPSA) is 80.3 Å². The van der Waals surface area contributed by atoms with Crippen LogP contribution in [0.3, 0.4) is 0 Å². The number of rotatable bonds is 9. The molecule has 6 nitrogen and oxygen atoms in total. The zero-order valence-corrected chi connectivity index (χ0v) is 37.3. The van der Waals surface area contributed by atoms with Crippen molar-refractivity contribution in [3.63, 3.8) is 0 Å². The predicted octanol–water partition coefficient (Wildman–Crippen LogP) is 15.6. The van der Waals surface area contributed by atoms with E-state index in [1.54, 1.807) is 0 Å². The van der Waals surface area contributed by atoms with Gasteiger partial charge in [-0.1, -0.05) is 206 Å². The summed E-state index contributed by atoms with van der Waals surface area (Å²) < 4.78 is 2.33. The summed E-state index contributed by atoms with van der Waals surface area (Å²) in [6.07, 6.45) is 0. The molecule has 0 N–H and O–H groups in total. The van der Waals surface area contributed by atoms with Gasteiger partial charge in [0.15, 0.2) is 11.6 Å². The average molecular weight is 881 g/mol. The first-order chi connectivity index (χ1) is 34.1. The lowest BCUT2D eigenvalue weighted by Crippen LogP contribution is -2.07. The van der Waals surface area contributed by atoms with Crippen LogP contribution in [0.5, 0.6) is 0 Å². The molecule has 0 aliphatic heterocycles. The summed E-state index contributed by atoms with van der Waals surface area (Å²) in [5, 5.41) is 13.2. The summed E-state index contributed by atoms with van der Waals surface area (Å²) in [6.45, 7) is 0. The molecule has 0 radical (unpaired) electrons. The Morgan fingerprint density at radius 1 is 0.304 bits per heavy atom. The van der Waals surface area contributed by atoms with E-state index in [1.807, 2.05) is 109 Å². The fourth-order valence-electron chi connectivity index (χ4n) is 9.32. The fraction of sp³-hybridized carbons (Fsp3) is 0. The van der Waals surface area contributed by atoms with Crippen LogP contribution < -0.4 is 0 Å². The molecule has 0 fully saturated rings. The second-order valence-corrected chi connectivity index (χ2v) is 17.0. The number of fused-ring (bicyclic) bond motifs is 3. The minimum absolute atomic E-state index is 0.421. The van der Waals surface area contributed by atoms with Gasteiger partial charge in [0.1, 0.15) is 0 Å². The van der Waals surface area contributed by atoms with Crippen LogP contribution >= 0.6 is 0 Å². The van der Waals surface area contributed by atoms with Gasteiger partial charge in [-0.15, -0.1) is 0 Å². The van der Waals surface area contributed by atoms with Gasteiger partial charge in [-0.25, -0.2) is 19.9 Å². The Morgan fingerprint density at radius 3 is 0.913 bits per heavy atom. The molecular weight excluding hydrogens is 841 g/mol. The van der Waals surface area contributed by atoms with E-state index in [9.17, 15) is 5.26 Å². The molecule has 0 saturated heterocycles. The van der Waals surface area contributed by atoms with E-state index in [0.717, 1.165) is 94.8 Å². The zero-order chi connectivity index (χ0) is 46.1. The van der Waals surface area contributed by atoms with Crippen molar-refractivity contribution < 1.29 is 0 Å². The van der Waals surface area contributed by atoms with Crippen molar-refractivity contribution in [3.05, 3.63) is 248 Å². The van der Waals surface area contributed by atoms with Crippen molar-refractivity contribution >= 4 is 21.8 Å². The first kappa shape index (κ1) is 40.9. The summed E-state index contributed by atoms with van der Waals surface area (Å²) in [7, 11) is 0. The highest BCUT2D eigenvalue weighted by Crippen LogP contribution is 2.44. The molecule has 9 aromatic carbocycles. The maximum atomic E-state index is 11.1. The van der Waals surface area contributed by atoms with Crippen LogP contribution in [0.2, 0.25) is 0 Å². The van der Waals surface area contributed by atoms with E-state index in [4.69, 9.17) is 19.9 Å². The highest BCUT2D eigenvalue weighted by atomic mass is 15.0. The maximum absolute atomic E-state index is 11.1. The highest BCUT2D eigenvalue weighted by Gasteiger charge is 2.26. The number of aromatic nitrogens is 5. The highest BCUT2D eigenvalue weighted by molar-refractivity contribution is 6.12. The largest absolute Gasteiger partial charge is 0.308 e. The van der Waals surface area contributed by atoms with Gasteiger partial charge < -0.3 is 4.57 Å². The van der Waals surface area contributed by atoms with Crippen molar-refractivity contribution in [1.82, 2.24) is 24.5 Å². The quantitative estimate of drug-likeness (QED) is 0.144. The molecular formula is C63H40N6. The zero-order valence-electron chi connectivity index (χ0n) is 37.3. The molecule has 0 unspecified atom stereocenters. The van der Waals surface area contributed by atoms with Crippen molar-refractivity contribution in [3.8, 4) is 102 Å². The Balaban J connectivity index is 1.26. The standard InChI is InChI=1S/C63H40N6/c64-41-42-35-53(62-65-55(45-23-11-3-12-24-45)39-56(66-62)46-25-13-4-14-26-46)61(54(36-42)63-67-57(47-27-15-5-16-28-47)40-58(68-63)48-29-17-6-18-30-48)69-59-37-49(43-19-7-1-8-20-43)31-33-51(59)52-34-32-50(38-60(52)69)44-21-9-2-10-22-44/h1-40H. The average Bonchev–Trinajstić information content (AvgIpc) is 3.76. The first-order valence-electron chi connectivity index (χ1n) is 22.9. The lowest BCUT2D eigenvalue weighted by Gasteiger charge is -2.20. The lowest BCUT2D eigenvalue weighted by molar-refractivity contribution is 1.12. The second kappa shape index (κ2) is 17.7. The van der Waals surface area contributed by atoms with Crippen LogP contribution in [0.25, 0.3) is 118 Å². The molecule has 69 heavy (non-hydrogen) atoms. The molecule has 0 amide bonds. The Labute approximate surface area is 399 Å². The molecule has 6 heteroatoms. The number of nitriles is 1. The van der Waals surface area contributed by atoms with Crippen molar-refractivity contribution in [1.29, 1.82) is 5.26 Å². The van der Waals surface area contributed by atoms with E-state index < -0.39 is 0 Å². The Kier molecular flexibility index (Phi) is 10.5. The van der Waals surface area contributed by atoms with Crippen LogP contribution in [0.1, 0.15) is 5.56 Å². The molecule has 0 saturated carbocycles. The molecule has 0 aliphatic rings. The number of hydrogen-bond donors (Lipinski definition) is 0. The SMILES string of the molecule is N#Cc1cc(-c2nc(-c3ccccc3)cc(-c3ccccc3)n2)c(-n2c3cc(-c4ccccc4)ccc3c3ccc(-c4ccccc4)cc32)c(-c2nc(-c3ccccc3)cc(-c3ccccc3)n2)c1. The van der Waals surface area contributed by atoms with Crippen molar-refractivity contribution in [2.24, 2.45) is 0 Å². The van der Waals surface area contributed by atoms with E-state index in [2.05, 4.69) is 144 Å². The van der Waals surface area contributed by atoms with E-state index >= 15 is 0 Å². The molecule has 12 aromatic rings. The number of hydrogen-bond acceptors (Lipinski definition) is 5. The minimum Gasteiger partial charge on any atom is -0.308 e. The molecule has 322 valence electrons. The number of benzene rings is 9. The maximum Gasteiger partial charge on any atom is 0.162 e. The lowest BCUT2D eigenvalue weighted by atomic mass is 9.98. The monoisotopic (exact) mass is 880 g/mol. The molecule has 3 aromatic heterocycles. The van der Waals surface area contributed by atoms with Crippen LogP contribution in [-0.4, -0.2) is 24.5 Å². The number of nitrogens with zero attached hydrogens (tertiary/aromatic N) is 6. The first-order valence-corrected chi connectivity index (χ1v) is 22.9. The third-order valence-corrected chi connectivity index (χ3v) is 12.7. The summed E-state index contributed by atoms with van der Waals surface area (Å²) in [4.78, 5) is 21.7. The van der Waals surface area contributed by atoms with Gasteiger partial charge in [-0.3, -0.25) is 0 Å². The summed E-state index contributed by atoms with van der Waals surface area (Å²) >= 11 is 0. The second-order valence-electron chi connectivity index (χ2n) is 17.0. The van der Waals surface area contributed by atoms with Crippen molar-refractivity contribution in [2.75, 3.05) is 0 Å². The van der Waals surface area contributed by atoms with Crippen LogP contribution in [0.15, 0.2) is 243 Å². The van der Waals surface area contributed by atoms with Gasteiger partial charge in [0.2, 0.25) is 0 Å². The fourth-order valence-corrected chi connectivity index (χ4v) is 9.32. The van der Waals surface area contributed by atoms with Gasteiger partial charge in [0.05, 0.1) is 51.1 Å². The Hall–Kier alpha value is -9.57. The smallest absolute Gasteiger partial charge is 0.162 e. The molecule has 0 aliphatic carbocycles. The van der Waals surface area contributed by atoms with Crippen molar-refractivity contribution in [2.45, 2.75) is 0 Å². The van der Waals surface area contributed by atoms with E-state index in [1.165, 1.54) is 0 Å². The molecule has 3 heterocycles. The van der Waals surface area contributed by atoms with Gasteiger partial charge in [-0.2, -0.15) is 5.26 Å². The predicted molar refractivity (Wildman–Crippen MR) is 280 cm³/mol. The normalized spacial score (nSPS) is 11.2. The summed E-state index contributed by atoms with van der Waals surface area (Å²) in [6, 6.07) is 85.5. The molecule has 12 rings (SSSR count). The third kappa shape index (κ3) is 7.80. The molecule has 0 bridgehead atoms. The van der Waals surface area contributed by atoms with Crippen LogP contribution in [0, 0.1) is 11.3 Å². The van der Waals surface area contributed by atoms with Crippen LogP contribution in [-0.2, 0) is 0 Å². The van der Waals surface area contributed by atoms with Gasteiger partial charge in [0.25, 0.3) is 0 Å². The van der Waals surface area contributed by atoms with Crippen LogP contribution in [0.4, 0.5) is 0 Å². The van der Waals surface area contributed by atoms with Gasteiger partial charge in [-0.05, 0) is 58.7 Å². The summed E-state index contributed by atoms with van der Waals surface area (Å²) in [5.41, 5.74) is 15.5. The Morgan fingerprint density at radius 2 is 0.609 bits per heavy atom.